The summed E-state index contributed by atoms with van der Waals surface area (Å²) in [6.07, 6.45) is 1.26. The first-order chi connectivity index (χ1) is 14.0. The molecule has 2 aromatic rings. The van der Waals surface area contributed by atoms with Gasteiger partial charge in [0.2, 0.25) is 11.8 Å². The van der Waals surface area contributed by atoms with E-state index in [1.807, 2.05) is 13.0 Å². The lowest BCUT2D eigenvalue weighted by Gasteiger charge is -2.28. The number of nitrogens with zero attached hydrogens (tertiary/aromatic N) is 1. The van der Waals surface area contributed by atoms with E-state index >= 15 is 0 Å². The second kappa shape index (κ2) is 9.23. The summed E-state index contributed by atoms with van der Waals surface area (Å²) in [5, 5.41) is 2.98. The molecule has 1 fully saturated rings. The van der Waals surface area contributed by atoms with E-state index < -0.39 is 5.41 Å². The summed E-state index contributed by atoms with van der Waals surface area (Å²) in [7, 11) is 1.52. The fourth-order valence-corrected chi connectivity index (χ4v) is 4.06. The molecule has 29 heavy (non-hydrogen) atoms. The van der Waals surface area contributed by atoms with Crippen molar-refractivity contribution < 1.29 is 14.3 Å². The normalized spacial score (nSPS) is 18.7. The van der Waals surface area contributed by atoms with Crippen LogP contribution in [0.4, 0.5) is 0 Å². The van der Waals surface area contributed by atoms with Crippen LogP contribution in [0, 0.1) is 12.3 Å². The smallest absolute Gasteiger partial charge is 0.248 e. The van der Waals surface area contributed by atoms with Crippen molar-refractivity contribution in [1.29, 1.82) is 0 Å². The number of amides is 2. The quantitative estimate of drug-likeness (QED) is 0.785. The Morgan fingerprint density at radius 1 is 1.14 bits per heavy atom. The van der Waals surface area contributed by atoms with Gasteiger partial charge in [0, 0.05) is 26.7 Å². The molecule has 5 heteroatoms. The molecule has 1 saturated heterocycles. The predicted molar refractivity (Wildman–Crippen MR) is 115 cm³/mol. The number of aryl methyl sites for hydroxylation is 1. The average molecular weight is 395 g/mol. The summed E-state index contributed by atoms with van der Waals surface area (Å²) in [5.41, 5.74) is 4.03. The number of nitrogens with one attached hydrogen (secondary N) is 1. The van der Waals surface area contributed by atoms with Crippen LogP contribution in [-0.4, -0.2) is 50.1 Å². The minimum Gasteiger partial charge on any atom is -0.375 e. The van der Waals surface area contributed by atoms with Crippen LogP contribution in [0.15, 0.2) is 48.5 Å². The molecule has 154 valence electrons. The fourth-order valence-electron chi connectivity index (χ4n) is 4.06. The van der Waals surface area contributed by atoms with Crippen LogP contribution in [-0.2, 0) is 20.7 Å². The highest BCUT2D eigenvalue weighted by Crippen LogP contribution is 2.35. The van der Waals surface area contributed by atoms with Crippen LogP contribution in [0.3, 0.4) is 0 Å². The number of carbonyl (C=O) groups excluding carboxylic acids is 2. The third-order valence-electron chi connectivity index (χ3n) is 5.65. The summed E-state index contributed by atoms with van der Waals surface area (Å²) >= 11 is 0. The van der Waals surface area contributed by atoms with Crippen LogP contribution >= 0.6 is 0 Å². The molecule has 1 aliphatic rings. The molecule has 1 heterocycles. The Labute approximate surface area is 173 Å². The first kappa shape index (κ1) is 21.1. The van der Waals surface area contributed by atoms with Gasteiger partial charge in [-0.2, -0.15) is 0 Å². The van der Waals surface area contributed by atoms with Crippen LogP contribution in [0.1, 0.15) is 24.5 Å². The zero-order chi connectivity index (χ0) is 20.9. The van der Waals surface area contributed by atoms with Gasteiger partial charge in [-0.3, -0.25) is 9.59 Å². The Balaban J connectivity index is 1.85. The largest absolute Gasteiger partial charge is 0.375 e. The molecule has 2 amide bonds. The van der Waals surface area contributed by atoms with Crippen molar-refractivity contribution in [2.24, 2.45) is 5.41 Å². The molecule has 1 atom stereocenters. The number of methoxy groups -OCH3 is 1. The molecular formula is C24H30N2O3. The van der Waals surface area contributed by atoms with E-state index in [1.54, 1.807) is 4.90 Å². The van der Waals surface area contributed by atoms with Gasteiger partial charge in [-0.25, -0.2) is 0 Å². The summed E-state index contributed by atoms with van der Waals surface area (Å²) in [6, 6.07) is 16.8. The number of hydrogen-bond acceptors (Lipinski definition) is 3. The molecule has 0 unspecified atom stereocenters. The maximum Gasteiger partial charge on any atom is 0.248 e. The average Bonchev–Trinajstić information content (AvgIpc) is 3.15. The van der Waals surface area contributed by atoms with Crippen molar-refractivity contribution in [2.45, 2.75) is 26.7 Å². The van der Waals surface area contributed by atoms with E-state index in [1.165, 1.54) is 12.7 Å². The monoisotopic (exact) mass is 394 g/mol. The summed E-state index contributed by atoms with van der Waals surface area (Å²) < 4.78 is 4.99. The summed E-state index contributed by atoms with van der Waals surface area (Å²) in [6.45, 7) is 5.64. The predicted octanol–water partition coefficient (Wildman–Crippen LogP) is 3.21. The maximum atomic E-state index is 13.0. The molecule has 0 spiro atoms. The van der Waals surface area contributed by atoms with Gasteiger partial charge in [-0.1, -0.05) is 54.1 Å². The zero-order valence-electron chi connectivity index (χ0n) is 17.5. The Bertz CT molecular complexity index is 863. The molecule has 1 aliphatic heterocycles. The highest BCUT2D eigenvalue weighted by atomic mass is 16.5. The first-order valence-electron chi connectivity index (χ1n) is 10.2. The third kappa shape index (κ3) is 4.85. The second-order valence-corrected chi connectivity index (χ2v) is 7.88. The van der Waals surface area contributed by atoms with Crippen molar-refractivity contribution in [1.82, 2.24) is 10.2 Å². The van der Waals surface area contributed by atoms with E-state index in [9.17, 15) is 9.59 Å². The first-order valence-corrected chi connectivity index (χ1v) is 10.2. The van der Waals surface area contributed by atoms with Crippen molar-refractivity contribution in [2.75, 3.05) is 33.4 Å². The van der Waals surface area contributed by atoms with Crippen LogP contribution in [0.2, 0.25) is 0 Å². The van der Waals surface area contributed by atoms with Gasteiger partial charge in [-0.15, -0.1) is 0 Å². The lowest BCUT2D eigenvalue weighted by Crippen LogP contribution is -2.45. The lowest BCUT2D eigenvalue weighted by atomic mass is 9.79. The molecule has 0 radical (unpaired) electrons. The highest BCUT2D eigenvalue weighted by Gasteiger charge is 2.45. The molecule has 0 aliphatic carbocycles. The molecule has 0 aromatic heterocycles. The Morgan fingerprint density at radius 3 is 2.59 bits per heavy atom. The van der Waals surface area contributed by atoms with Crippen LogP contribution < -0.4 is 5.32 Å². The lowest BCUT2D eigenvalue weighted by molar-refractivity contribution is -0.135. The van der Waals surface area contributed by atoms with Gasteiger partial charge >= 0.3 is 0 Å². The SMILES string of the molecule is CCNC(=O)[C@]1(Cc2cccc(-c3ccc(C)cc3)c2)CCN(C(=O)COC)C1. The van der Waals surface area contributed by atoms with Crippen molar-refractivity contribution in [3.8, 4) is 11.1 Å². The molecule has 2 aromatic carbocycles. The van der Waals surface area contributed by atoms with E-state index in [-0.39, 0.29) is 18.4 Å². The van der Waals surface area contributed by atoms with E-state index in [2.05, 4.69) is 54.7 Å². The minimum atomic E-state index is -0.606. The third-order valence-corrected chi connectivity index (χ3v) is 5.65. The van der Waals surface area contributed by atoms with Crippen LogP contribution in [0.25, 0.3) is 11.1 Å². The fraction of sp³-hybridized carbons (Fsp3) is 0.417. The topological polar surface area (TPSA) is 58.6 Å². The molecule has 0 bridgehead atoms. The Kier molecular flexibility index (Phi) is 6.70. The van der Waals surface area contributed by atoms with E-state index in [0.29, 0.717) is 32.5 Å². The Morgan fingerprint density at radius 2 is 1.90 bits per heavy atom. The highest BCUT2D eigenvalue weighted by molar-refractivity contribution is 5.86. The molecule has 0 saturated carbocycles. The number of ether oxygens (including phenoxy) is 1. The molecule has 1 N–H and O–H groups in total. The summed E-state index contributed by atoms with van der Waals surface area (Å²) in [5.74, 6) is -0.0412. The van der Waals surface area contributed by atoms with Crippen molar-refractivity contribution in [3.63, 3.8) is 0 Å². The summed E-state index contributed by atoms with van der Waals surface area (Å²) in [4.78, 5) is 27.1. The number of benzene rings is 2. The van der Waals surface area contributed by atoms with Gasteiger partial charge in [-0.05, 0) is 43.4 Å². The number of hydrogen-bond donors (Lipinski definition) is 1. The van der Waals surface area contributed by atoms with Crippen molar-refractivity contribution >= 4 is 11.8 Å². The van der Waals surface area contributed by atoms with Gasteiger partial charge < -0.3 is 15.0 Å². The number of carbonyl (C=O) groups is 2. The Hall–Kier alpha value is -2.66. The van der Waals surface area contributed by atoms with E-state index in [4.69, 9.17) is 4.74 Å². The molecular weight excluding hydrogens is 364 g/mol. The molecule has 5 nitrogen and oxygen atoms in total. The minimum absolute atomic E-state index is 0.0217. The van der Waals surface area contributed by atoms with E-state index in [0.717, 1.165) is 16.7 Å². The van der Waals surface area contributed by atoms with Gasteiger partial charge in [0.1, 0.15) is 6.61 Å². The van der Waals surface area contributed by atoms with Gasteiger partial charge in [0.25, 0.3) is 0 Å². The standard InChI is InChI=1S/C24H30N2O3/c1-4-25-23(28)24(12-13-26(17-24)22(27)16-29-3)15-19-6-5-7-21(14-19)20-10-8-18(2)9-11-20/h5-11,14H,4,12-13,15-17H2,1-3H3,(H,25,28)/t24-/m0/s1. The van der Waals surface area contributed by atoms with Gasteiger partial charge in [0.05, 0.1) is 5.41 Å². The van der Waals surface area contributed by atoms with Crippen LogP contribution in [0.5, 0.6) is 0 Å². The molecule has 3 rings (SSSR count). The number of likely N-dealkylation sites (tertiary alicyclic amines) is 1. The van der Waals surface area contributed by atoms with Crippen molar-refractivity contribution in [3.05, 3.63) is 59.7 Å². The van der Waals surface area contributed by atoms with Gasteiger partial charge in [0.15, 0.2) is 0 Å². The number of rotatable bonds is 7. The maximum absolute atomic E-state index is 13.0. The second-order valence-electron chi connectivity index (χ2n) is 7.88. The zero-order valence-corrected chi connectivity index (χ0v) is 17.5.